The number of fused-ring (bicyclic) bond motifs is 1. The van der Waals surface area contributed by atoms with Crippen LogP contribution in [0.3, 0.4) is 0 Å². The summed E-state index contributed by atoms with van der Waals surface area (Å²) in [5.74, 6) is 0. The van der Waals surface area contributed by atoms with E-state index in [0.717, 1.165) is 30.3 Å². The Bertz CT molecular complexity index is 676. The fourth-order valence-corrected chi connectivity index (χ4v) is 3.20. The van der Waals surface area contributed by atoms with E-state index in [-0.39, 0.29) is 0 Å². The zero-order chi connectivity index (χ0) is 15.2. The van der Waals surface area contributed by atoms with Gasteiger partial charge < -0.3 is 4.90 Å². The minimum atomic E-state index is 1.10. The second-order valence-electron chi connectivity index (χ2n) is 6.32. The highest BCUT2D eigenvalue weighted by molar-refractivity contribution is 5.31. The Hall–Kier alpha value is -1.67. The Balaban J connectivity index is 1.74. The topological polar surface area (TPSA) is 15.6 Å². The molecule has 0 bridgehead atoms. The molecule has 1 aromatic carbocycles. The predicted molar refractivity (Wildman–Crippen MR) is 93.1 cm³/mol. The van der Waals surface area contributed by atoms with E-state index in [1.165, 1.54) is 43.3 Å². The number of hydrogen-bond acceptors (Lipinski definition) is 2. The molecule has 2 aliphatic rings. The van der Waals surface area contributed by atoms with E-state index < -0.39 is 0 Å². The van der Waals surface area contributed by atoms with Gasteiger partial charge in [-0.25, -0.2) is 4.99 Å². The molecule has 1 aromatic rings. The van der Waals surface area contributed by atoms with Crippen LogP contribution in [-0.4, -0.2) is 24.5 Å². The highest BCUT2D eigenvalue weighted by atomic mass is 15.1. The first-order chi connectivity index (χ1) is 10.8. The second kappa shape index (κ2) is 7.55. The lowest BCUT2D eigenvalue weighted by Crippen LogP contribution is -2.25. The van der Waals surface area contributed by atoms with Crippen LogP contribution < -0.4 is 10.6 Å². The lowest BCUT2D eigenvalue weighted by atomic mass is 10.1. The van der Waals surface area contributed by atoms with Gasteiger partial charge in [-0.05, 0) is 75.1 Å². The van der Waals surface area contributed by atoms with E-state index >= 15 is 0 Å². The predicted octanol–water partition coefficient (Wildman–Crippen LogP) is 3.20. The van der Waals surface area contributed by atoms with Crippen LogP contribution in [0.5, 0.6) is 0 Å². The van der Waals surface area contributed by atoms with Crippen LogP contribution >= 0.6 is 0 Å². The molecule has 2 nitrogen and oxygen atoms in total. The first-order valence-electron chi connectivity index (χ1n) is 8.55. The van der Waals surface area contributed by atoms with E-state index in [1.807, 2.05) is 0 Å². The molecule has 0 aromatic heterocycles. The monoisotopic (exact) mass is 294 g/mol. The largest absolute Gasteiger partial charge is 0.303 e. The molecule has 1 fully saturated rings. The molecule has 2 heteroatoms. The van der Waals surface area contributed by atoms with Crippen LogP contribution in [0, 0.1) is 0 Å². The molecule has 0 radical (unpaired) electrons. The molecule has 0 spiro atoms. The fraction of sp³-hybridized carbons (Fsp3) is 0.450. The van der Waals surface area contributed by atoms with Crippen molar-refractivity contribution in [2.75, 3.05) is 19.6 Å². The Morgan fingerprint density at radius 3 is 2.86 bits per heavy atom. The summed E-state index contributed by atoms with van der Waals surface area (Å²) in [6.45, 7) is 5.96. The van der Waals surface area contributed by atoms with Crippen molar-refractivity contribution in [1.29, 1.82) is 0 Å². The molecule has 22 heavy (non-hydrogen) atoms. The van der Waals surface area contributed by atoms with Crippen molar-refractivity contribution >= 4 is 6.08 Å². The van der Waals surface area contributed by atoms with Crippen LogP contribution in [0.1, 0.15) is 39.0 Å². The maximum Gasteiger partial charge on any atom is 0.0706 e. The van der Waals surface area contributed by atoms with Crippen LogP contribution in [0.4, 0.5) is 0 Å². The zero-order valence-electron chi connectivity index (χ0n) is 13.6. The molecule has 3 rings (SSSR count). The standard InChI is InChI=1S/C20H26N2/c1-17-9-8-11-18-10-2-3-13-20(18)21-19(17)12-4-5-14-22-15-6-7-16-22/h2-4,10-13H,5-9,14-16H2,1H3. The van der Waals surface area contributed by atoms with Gasteiger partial charge in [-0.15, -0.1) is 0 Å². The molecule has 0 saturated carbocycles. The molecule has 2 aliphatic heterocycles. The number of rotatable bonds is 4. The minimum Gasteiger partial charge on any atom is -0.303 e. The van der Waals surface area contributed by atoms with Crippen molar-refractivity contribution in [2.45, 2.75) is 39.0 Å². The molecule has 0 amide bonds. The summed E-state index contributed by atoms with van der Waals surface area (Å²) in [6.07, 6.45) is 12.9. The normalized spacial score (nSPS) is 19.5. The van der Waals surface area contributed by atoms with Gasteiger partial charge in [0.25, 0.3) is 0 Å². The summed E-state index contributed by atoms with van der Waals surface area (Å²) in [5, 5.41) is 2.36. The number of hydrogen-bond donors (Lipinski definition) is 0. The number of benzene rings is 1. The third-order valence-electron chi connectivity index (χ3n) is 4.58. The van der Waals surface area contributed by atoms with E-state index in [4.69, 9.17) is 4.99 Å². The van der Waals surface area contributed by atoms with Gasteiger partial charge >= 0.3 is 0 Å². The smallest absolute Gasteiger partial charge is 0.0706 e. The van der Waals surface area contributed by atoms with Gasteiger partial charge in [0.1, 0.15) is 0 Å². The third kappa shape index (κ3) is 3.95. The molecule has 0 N–H and O–H groups in total. The Labute approximate surface area is 133 Å². The molecular weight excluding hydrogens is 268 g/mol. The Morgan fingerprint density at radius 2 is 2.00 bits per heavy atom. The molecule has 1 saturated heterocycles. The van der Waals surface area contributed by atoms with Crippen molar-refractivity contribution in [2.24, 2.45) is 4.99 Å². The number of likely N-dealkylation sites (tertiary alicyclic amines) is 1. The highest BCUT2D eigenvalue weighted by Crippen LogP contribution is 2.15. The zero-order valence-corrected chi connectivity index (χ0v) is 13.6. The Kier molecular flexibility index (Phi) is 5.23. The molecule has 0 unspecified atom stereocenters. The number of para-hydroxylation sites is 1. The van der Waals surface area contributed by atoms with Crippen molar-refractivity contribution < 1.29 is 0 Å². The van der Waals surface area contributed by atoms with Crippen LogP contribution in [0.15, 0.2) is 52.7 Å². The summed E-state index contributed by atoms with van der Waals surface area (Å²) in [7, 11) is 0. The van der Waals surface area contributed by atoms with Gasteiger partial charge in [-0.2, -0.15) is 0 Å². The summed E-state index contributed by atoms with van der Waals surface area (Å²) in [6, 6.07) is 8.44. The quantitative estimate of drug-likeness (QED) is 0.832. The van der Waals surface area contributed by atoms with Gasteiger partial charge in [-0.1, -0.05) is 30.4 Å². The summed E-state index contributed by atoms with van der Waals surface area (Å²) >= 11 is 0. The molecule has 0 aliphatic carbocycles. The lowest BCUT2D eigenvalue weighted by Gasteiger charge is -2.12. The minimum absolute atomic E-state index is 1.10. The molecule has 116 valence electrons. The second-order valence-corrected chi connectivity index (χ2v) is 6.32. The number of allylic oxidation sites excluding steroid dienone is 2. The van der Waals surface area contributed by atoms with E-state index in [9.17, 15) is 0 Å². The van der Waals surface area contributed by atoms with Gasteiger partial charge in [0.15, 0.2) is 0 Å². The van der Waals surface area contributed by atoms with Crippen LogP contribution in [-0.2, 0) is 0 Å². The maximum absolute atomic E-state index is 4.90. The SMILES string of the molecule is CC1=C(C=CCCN2CCCC2)N=c2ccccc2=CCC1. The third-order valence-corrected chi connectivity index (χ3v) is 4.58. The van der Waals surface area contributed by atoms with Crippen LogP contribution in [0.25, 0.3) is 6.08 Å². The average Bonchev–Trinajstić information content (AvgIpc) is 3.03. The summed E-state index contributed by atoms with van der Waals surface area (Å²) in [5.41, 5.74) is 2.55. The van der Waals surface area contributed by atoms with Crippen molar-refractivity contribution in [3.8, 4) is 0 Å². The van der Waals surface area contributed by atoms with Gasteiger partial charge in [0.05, 0.1) is 11.1 Å². The number of nitrogens with zero attached hydrogens (tertiary/aromatic N) is 2. The molecule has 0 atom stereocenters. The first-order valence-corrected chi connectivity index (χ1v) is 8.55. The van der Waals surface area contributed by atoms with E-state index in [2.05, 4.69) is 54.3 Å². The first kappa shape index (κ1) is 15.2. The Morgan fingerprint density at radius 1 is 1.18 bits per heavy atom. The van der Waals surface area contributed by atoms with E-state index in [1.54, 1.807) is 0 Å². The lowest BCUT2D eigenvalue weighted by molar-refractivity contribution is 0.346. The highest BCUT2D eigenvalue weighted by Gasteiger charge is 2.09. The molecule has 2 heterocycles. The average molecular weight is 294 g/mol. The summed E-state index contributed by atoms with van der Waals surface area (Å²) < 4.78 is 0. The maximum atomic E-state index is 4.90. The van der Waals surface area contributed by atoms with E-state index in [0.29, 0.717) is 0 Å². The van der Waals surface area contributed by atoms with Gasteiger partial charge in [-0.3, -0.25) is 0 Å². The van der Waals surface area contributed by atoms with Crippen molar-refractivity contribution in [3.05, 3.63) is 58.3 Å². The van der Waals surface area contributed by atoms with Gasteiger partial charge in [0, 0.05) is 6.54 Å². The summed E-state index contributed by atoms with van der Waals surface area (Å²) in [4.78, 5) is 7.46. The van der Waals surface area contributed by atoms with Gasteiger partial charge in [0.2, 0.25) is 0 Å². The fourth-order valence-electron chi connectivity index (χ4n) is 3.20. The van der Waals surface area contributed by atoms with Crippen molar-refractivity contribution in [1.82, 2.24) is 4.90 Å². The molecular formula is C20H26N2. The van der Waals surface area contributed by atoms with Crippen LogP contribution in [0.2, 0.25) is 0 Å². The van der Waals surface area contributed by atoms with Crippen molar-refractivity contribution in [3.63, 3.8) is 0 Å².